The van der Waals surface area contributed by atoms with Crippen LogP contribution in [0.5, 0.6) is 11.5 Å². The summed E-state index contributed by atoms with van der Waals surface area (Å²) in [4.78, 5) is 12.8. The number of hydrogen-bond acceptors (Lipinski definition) is 4. The van der Waals surface area contributed by atoms with E-state index in [4.69, 9.17) is 14.2 Å². The average molecular weight is 393 g/mol. The summed E-state index contributed by atoms with van der Waals surface area (Å²) in [5, 5.41) is 3.24. The van der Waals surface area contributed by atoms with Gasteiger partial charge in [0.15, 0.2) is 11.5 Å². The summed E-state index contributed by atoms with van der Waals surface area (Å²) in [6, 6.07) is 16.1. The van der Waals surface area contributed by atoms with Crippen molar-refractivity contribution < 1.29 is 19.0 Å². The minimum absolute atomic E-state index is 0.0372. The first-order valence-corrected chi connectivity index (χ1v) is 10.6. The van der Waals surface area contributed by atoms with E-state index in [0.717, 1.165) is 38.0 Å². The summed E-state index contributed by atoms with van der Waals surface area (Å²) in [6.45, 7) is 2.04. The van der Waals surface area contributed by atoms with Gasteiger partial charge in [-0.15, -0.1) is 0 Å². The summed E-state index contributed by atoms with van der Waals surface area (Å²) in [5.41, 5.74) is 1.88. The second-order valence-corrected chi connectivity index (χ2v) is 8.34. The van der Waals surface area contributed by atoms with E-state index in [1.807, 2.05) is 18.2 Å². The van der Waals surface area contributed by atoms with Crippen LogP contribution in [0, 0.1) is 11.8 Å². The molecule has 152 valence electrons. The Balaban J connectivity index is 1.21. The number of amides is 1. The molecular formula is C24H27NO4. The van der Waals surface area contributed by atoms with Crippen LogP contribution in [-0.2, 0) is 4.74 Å². The largest absolute Gasteiger partial charge is 0.490 e. The third-order valence-corrected chi connectivity index (χ3v) is 6.39. The number of carbonyl (C=O) groups excluding carboxylic acids is 1. The number of nitrogens with one attached hydrogen (secondary N) is 1. The monoisotopic (exact) mass is 393 g/mol. The zero-order chi connectivity index (χ0) is 19.6. The second kappa shape index (κ2) is 8.07. The van der Waals surface area contributed by atoms with E-state index in [-0.39, 0.29) is 18.1 Å². The molecule has 1 saturated heterocycles. The minimum atomic E-state index is -0.0372. The molecule has 0 radical (unpaired) electrons. The summed E-state index contributed by atoms with van der Waals surface area (Å²) < 4.78 is 17.5. The molecule has 29 heavy (non-hydrogen) atoms. The van der Waals surface area contributed by atoms with Crippen LogP contribution in [0.4, 0.5) is 0 Å². The number of rotatable bonds is 3. The normalized spacial score (nSPS) is 28.3. The predicted molar refractivity (Wildman–Crippen MR) is 109 cm³/mol. The first kappa shape index (κ1) is 18.5. The molecule has 5 nitrogen and oxygen atoms in total. The molecule has 5 heteroatoms. The van der Waals surface area contributed by atoms with Crippen molar-refractivity contribution in [3.8, 4) is 11.5 Å². The fourth-order valence-corrected chi connectivity index (χ4v) is 4.88. The lowest BCUT2D eigenvalue weighted by atomic mass is 9.86. The Labute approximate surface area is 171 Å². The van der Waals surface area contributed by atoms with Crippen molar-refractivity contribution in [2.75, 3.05) is 19.8 Å². The number of fused-ring (bicyclic) bond motifs is 2. The highest BCUT2D eigenvalue weighted by Crippen LogP contribution is 2.43. The van der Waals surface area contributed by atoms with Crippen LogP contribution >= 0.6 is 0 Å². The van der Waals surface area contributed by atoms with Gasteiger partial charge in [0, 0.05) is 18.0 Å². The van der Waals surface area contributed by atoms with Crippen LogP contribution in [0.1, 0.15) is 47.7 Å². The van der Waals surface area contributed by atoms with Gasteiger partial charge in [-0.1, -0.05) is 30.3 Å². The van der Waals surface area contributed by atoms with Gasteiger partial charge in [0.25, 0.3) is 5.91 Å². The lowest BCUT2D eigenvalue weighted by Gasteiger charge is -2.32. The van der Waals surface area contributed by atoms with Crippen molar-refractivity contribution in [2.45, 2.75) is 37.8 Å². The molecule has 0 spiro atoms. The highest BCUT2D eigenvalue weighted by Gasteiger charge is 2.40. The second-order valence-electron chi connectivity index (χ2n) is 8.34. The molecule has 1 saturated carbocycles. The van der Waals surface area contributed by atoms with Gasteiger partial charge in [0.1, 0.15) is 0 Å². The van der Waals surface area contributed by atoms with Crippen LogP contribution in [0.3, 0.4) is 0 Å². The summed E-state index contributed by atoms with van der Waals surface area (Å²) >= 11 is 0. The van der Waals surface area contributed by atoms with Crippen molar-refractivity contribution in [1.82, 2.24) is 5.32 Å². The Morgan fingerprint density at radius 2 is 1.69 bits per heavy atom. The molecule has 1 N–H and O–H groups in total. The fourth-order valence-electron chi connectivity index (χ4n) is 4.88. The third kappa shape index (κ3) is 3.97. The highest BCUT2D eigenvalue weighted by molar-refractivity contribution is 5.95. The molecule has 2 fully saturated rings. The van der Waals surface area contributed by atoms with Crippen LogP contribution in [0.25, 0.3) is 0 Å². The Morgan fingerprint density at radius 3 is 2.55 bits per heavy atom. The number of carbonyl (C=O) groups is 1. The van der Waals surface area contributed by atoms with E-state index in [0.29, 0.717) is 36.4 Å². The van der Waals surface area contributed by atoms with Crippen molar-refractivity contribution in [3.05, 3.63) is 59.7 Å². The molecule has 0 bridgehead atoms. The summed E-state index contributed by atoms with van der Waals surface area (Å²) in [6.07, 6.45) is 4.07. The van der Waals surface area contributed by atoms with E-state index < -0.39 is 0 Å². The van der Waals surface area contributed by atoms with Crippen LogP contribution < -0.4 is 14.8 Å². The van der Waals surface area contributed by atoms with E-state index in [1.54, 1.807) is 6.07 Å². The Kier molecular flexibility index (Phi) is 5.15. The Hall–Kier alpha value is -2.53. The van der Waals surface area contributed by atoms with Gasteiger partial charge in [0.05, 0.1) is 25.9 Å². The topological polar surface area (TPSA) is 56.8 Å². The smallest absolute Gasteiger partial charge is 0.251 e. The third-order valence-electron chi connectivity index (χ3n) is 6.39. The van der Waals surface area contributed by atoms with Crippen molar-refractivity contribution >= 4 is 5.91 Å². The maximum absolute atomic E-state index is 12.8. The molecular weight excluding hydrogens is 366 g/mol. The first-order chi connectivity index (χ1) is 14.3. The van der Waals surface area contributed by atoms with Crippen molar-refractivity contribution in [2.24, 2.45) is 11.8 Å². The van der Waals surface area contributed by atoms with E-state index >= 15 is 0 Å². The van der Waals surface area contributed by atoms with E-state index in [2.05, 4.69) is 29.6 Å². The van der Waals surface area contributed by atoms with Gasteiger partial charge in [-0.05, 0) is 54.9 Å². The molecule has 2 aromatic rings. The lowest BCUT2D eigenvalue weighted by molar-refractivity contribution is -0.0384. The quantitative estimate of drug-likeness (QED) is 0.852. The number of ether oxygens (including phenoxy) is 3. The molecule has 3 aliphatic rings. The molecule has 1 amide bonds. The van der Waals surface area contributed by atoms with Crippen molar-refractivity contribution in [3.63, 3.8) is 0 Å². The van der Waals surface area contributed by atoms with E-state index in [1.165, 1.54) is 5.56 Å². The summed E-state index contributed by atoms with van der Waals surface area (Å²) in [5.74, 6) is 2.47. The number of benzene rings is 2. The Morgan fingerprint density at radius 1 is 0.897 bits per heavy atom. The standard InChI is InChI=1S/C24H27NO4/c26-24(17-7-8-21-23(13-17)28-10-4-9-27-21)25-20-11-18-14-22(29-15-19(18)12-20)16-5-2-1-3-6-16/h1-3,5-8,13,18-20,22H,4,9-12,14-15H2,(H,25,26)/t18-,19+,20-,22-/m0/s1. The molecule has 0 unspecified atom stereocenters. The van der Waals surface area contributed by atoms with Crippen LogP contribution in [-0.4, -0.2) is 31.8 Å². The van der Waals surface area contributed by atoms with Crippen LogP contribution in [0.2, 0.25) is 0 Å². The average Bonchev–Trinajstić information content (AvgIpc) is 3.00. The molecule has 1 aliphatic carbocycles. The molecule has 2 heterocycles. The van der Waals surface area contributed by atoms with Crippen molar-refractivity contribution in [1.29, 1.82) is 0 Å². The molecule has 4 atom stereocenters. The minimum Gasteiger partial charge on any atom is -0.490 e. The first-order valence-electron chi connectivity index (χ1n) is 10.6. The SMILES string of the molecule is O=C(N[C@@H]1C[C@@H]2CO[C@H](c3ccccc3)C[C@@H]2C1)c1ccc2c(c1)OCCCO2. The molecule has 2 aliphatic heterocycles. The van der Waals surface area contributed by atoms with Gasteiger partial charge in [0.2, 0.25) is 0 Å². The zero-order valence-electron chi connectivity index (χ0n) is 16.5. The van der Waals surface area contributed by atoms with Gasteiger partial charge in [-0.2, -0.15) is 0 Å². The Bertz CT molecular complexity index is 868. The van der Waals surface area contributed by atoms with Gasteiger partial charge in [-0.25, -0.2) is 0 Å². The predicted octanol–water partition coefficient (Wildman–Crippen LogP) is 4.13. The number of hydrogen-bond donors (Lipinski definition) is 1. The fraction of sp³-hybridized carbons (Fsp3) is 0.458. The van der Waals surface area contributed by atoms with Crippen LogP contribution in [0.15, 0.2) is 48.5 Å². The maximum atomic E-state index is 12.8. The summed E-state index contributed by atoms with van der Waals surface area (Å²) in [7, 11) is 0. The lowest BCUT2D eigenvalue weighted by Crippen LogP contribution is -2.33. The van der Waals surface area contributed by atoms with Gasteiger partial charge >= 0.3 is 0 Å². The van der Waals surface area contributed by atoms with Gasteiger partial charge < -0.3 is 19.5 Å². The molecule has 0 aromatic heterocycles. The maximum Gasteiger partial charge on any atom is 0.251 e. The molecule has 5 rings (SSSR count). The van der Waals surface area contributed by atoms with Gasteiger partial charge in [-0.3, -0.25) is 4.79 Å². The molecule has 2 aromatic carbocycles. The van der Waals surface area contributed by atoms with E-state index in [9.17, 15) is 4.79 Å². The zero-order valence-corrected chi connectivity index (χ0v) is 16.5. The highest BCUT2D eigenvalue weighted by atomic mass is 16.5.